The zero-order valence-electron chi connectivity index (χ0n) is 22.6. The summed E-state index contributed by atoms with van der Waals surface area (Å²) in [4.78, 5) is 41.4. The summed E-state index contributed by atoms with van der Waals surface area (Å²) in [6, 6.07) is 1.93. The lowest BCUT2D eigenvalue weighted by Crippen LogP contribution is -2.47. The van der Waals surface area contributed by atoms with Crippen LogP contribution in [-0.2, 0) is 25.4 Å². The molecule has 4 aromatic rings. The summed E-state index contributed by atoms with van der Waals surface area (Å²) >= 11 is 8.18. The number of aromatic nitrogens is 6. The summed E-state index contributed by atoms with van der Waals surface area (Å²) in [5, 5.41) is 2.09. The lowest BCUT2D eigenvalue weighted by Gasteiger charge is -2.40. The Morgan fingerprint density at radius 3 is 2.75 bits per heavy atom. The van der Waals surface area contributed by atoms with Crippen LogP contribution in [0.5, 0.6) is 0 Å². The van der Waals surface area contributed by atoms with Gasteiger partial charge in [0.25, 0.3) is 0 Å². The van der Waals surface area contributed by atoms with E-state index in [1.54, 1.807) is 25.7 Å². The molecule has 1 saturated heterocycles. The first-order chi connectivity index (χ1) is 19.6. The molecule has 1 aliphatic heterocycles. The molecule has 0 atom stereocenters. The van der Waals surface area contributed by atoms with Gasteiger partial charge in [0.05, 0.1) is 36.8 Å². The number of halogens is 1. The Morgan fingerprint density at radius 2 is 1.93 bits per heavy atom. The van der Waals surface area contributed by atoms with Crippen molar-refractivity contribution in [1.82, 2.24) is 29.9 Å². The summed E-state index contributed by atoms with van der Waals surface area (Å²) in [6.45, 7) is 5.69. The Bertz CT molecular complexity index is 1460. The van der Waals surface area contributed by atoms with Gasteiger partial charge in [0, 0.05) is 55.8 Å². The largest absolute Gasteiger partial charge is 0.382 e. The number of pyridine rings is 1. The fourth-order valence-electron chi connectivity index (χ4n) is 4.50. The van der Waals surface area contributed by atoms with Gasteiger partial charge in [-0.1, -0.05) is 18.5 Å². The highest BCUT2D eigenvalue weighted by Crippen LogP contribution is 2.39. The summed E-state index contributed by atoms with van der Waals surface area (Å²) in [5.41, 5.74) is 2.95. The van der Waals surface area contributed by atoms with Crippen molar-refractivity contribution < 1.29 is 19.0 Å². The number of rotatable bonds is 15. The Labute approximate surface area is 241 Å². The molecule has 0 spiro atoms. The van der Waals surface area contributed by atoms with Gasteiger partial charge < -0.3 is 24.1 Å². The van der Waals surface area contributed by atoms with Crippen LogP contribution in [0, 0.1) is 5.92 Å². The first-order valence-electron chi connectivity index (χ1n) is 13.3. The predicted molar refractivity (Wildman–Crippen MR) is 153 cm³/mol. The second kappa shape index (κ2) is 13.6. The molecular formula is C27H32ClN7O4S. The molecule has 1 N–H and O–H groups in total. The molecule has 11 nitrogen and oxygen atoms in total. The molecule has 212 valence electrons. The van der Waals surface area contributed by atoms with Gasteiger partial charge >= 0.3 is 0 Å². The molecule has 4 aromatic heterocycles. The quantitative estimate of drug-likeness (QED) is 0.160. The van der Waals surface area contributed by atoms with E-state index < -0.39 is 0 Å². The highest BCUT2D eigenvalue weighted by atomic mass is 35.5. The lowest BCUT2D eigenvalue weighted by molar-refractivity contribution is -0.124. The summed E-state index contributed by atoms with van der Waals surface area (Å²) < 4.78 is 15.7. The van der Waals surface area contributed by atoms with E-state index in [9.17, 15) is 4.79 Å². The highest BCUT2D eigenvalue weighted by molar-refractivity contribution is 7.99. The standard InChI is InChI=1S/C27H32ClN7O4S/c1-3-20-23(28)22-25(32-20)33-27(40-19-12-21-24(31-13-19)30-7-6-29-21)34-26(22)35-14-17(15-35)4-5-18(36)16-39-11-10-38-9-8-37-2/h6-7,12-13,17H,3-5,8-11,14-16H2,1-2H3,(H,32,33,34). The number of methoxy groups -OCH3 is 1. The average molecular weight is 586 g/mol. The minimum Gasteiger partial charge on any atom is -0.382 e. The Kier molecular flexibility index (Phi) is 9.76. The van der Waals surface area contributed by atoms with E-state index in [0.29, 0.717) is 65.8 Å². The predicted octanol–water partition coefficient (Wildman–Crippen LogP) is 4.13. The van der Waals surface area contributed by atoms with Crippen LogP contribution in [-0.4, -0.2) is 88.9 Å². The molecule has 0 amide bonds. The van der Waals surface area contributed by atoms with Gasteiger partial charge in [-0.05, 0) is 36.6 Å². The Balaban J connectivity index is 1.20. The number of aryl methyl sites for hydroxylation is 1. The number of carbonyl (C=O) groups is 1. The fourth-order valence-corrected chi connectivity index (χ4v) is 5.61. The number of H-pyrrole nitrogens is 1. The second-order valence-electron chi connectivity index (χ2n) is 9.50. The number of hydrogen-bond donors (Lipinski definition) is 1. The van der Waals surface area contributed by atoms with Crippen LogP contribution in [0.4, 0.5) is 5.82 Å². The molecule has 5 rings (SSSR count). The minimum absolute atomic E-state index is 0.105. The molecule has 40 heavy (non-hydrogen) atoms. The van der Waals surface area contributed by atoms with Crippen molar-refractivity contribution >= 4 is 57.2 Å². The van der Waals surface area contributed by atoms with E-state index in [1.165, 1.54) is 11.8 Å². The molecule has 0 bridgehead atoms. The third-order valence-electron chi connectivity index (χ3n) is 6.64. The zero-order valence-corrected chi connectivity index (χ0v) is 24.1. The maximum Gasteiger partial charge on any atom is 0.196 e. The summed E-state index contributed by atoms with van der Waals surface area (Å²) in [7, 11) is 1.63. The zero-order chi connectivity index (χ0) is 27.9. The van der Waals surface area contributed by atoms with E-state index in [2.05, 4.69) is 31.8 Å². The molecule has 0 radical (unpaired) electrons. The van der Waals surface area contributed by atoms with E-state index in [-0.39, 0.29) is 12.4 Å². The monoisotopic (exact) mass is 585 g/mol. The van der Waals surface area contributed by atoms with Crippen LogP contribution in [0.2, 0.25) is 5.02 Å². The number of nitrogens with zero attached hydrogens (tertiary/aromatic N) is 6. The molecule has 5 heterocycles. The summed E-state index contributed by atoms with van der Waals surface area (Å²) in [6.07, 6.45) is 7.08. The van der Waals surface area contributed by atoms with Crippen molar-refractivity contribution in [1.29, 1.82) is 0 Å². The number of fused-ring (bicyclic) bond motifs is 2. The Morgan fingerprint density at radius 1 is 1.12 bits per heavy atom. The topological polar surface area (TPSA) is 128 Å². The molecule has 0 saturated carbocycles. The number of ketones is 1. The van der Waals surface area contributed by atoms with Crippen molar-refractivity contribution in [2.75, 3.05) is 58.1 Å². The van der Waals surface area contributed by atoms with Crippen LogP contribution in [0.15, 0.2) is 34.7 Å². The van der Waals surface area contributed by atoms with E-state index in [4.69, 9.17) is 35.8 Å². The van der Waals surface area contributed by atoms with Crippen LogP contribution >= 0.6 is 23.4 Å². The first-order valence-corrected chi connectivity index (χ1v) is 14.5. The molecule has 0 aromatic carbocycles. The highest BCUT2D eigenvalue weighted by Gasteiger charge is 2.31. The molecule has 0 aliphatic carbocycles. The molecule has 0 unspecified atom stereocenters. The second-order valence-corrected chi connectivity index (χ2v) is 10.9. The van der Waals surface area contributed by atoms with Crippen molar-refractivity contribution in [2.45, 2.75) is 36.2 Å². The number of aromatic amines is 1. The van der Waals surface area contributed by atoms with Gasteiger partial charge in [-0.25, -0.2) is 19.9 Å². The average Bonchev–Trinajstić information content (AvgIpc) is 3.26. The van der Waals surface area contributed by atoms with Gasteiger partial charge in [0.15, 0.2) is 16.6 Å². The number of Topliss-reactive ketones (excluding diaryl/α,β-unsaturated/α-hetero) is 1. The maximum atomic E-state index is 12.3. The normalized spacial score (nSPS) is 13.8. The fraction of sp³-hybridized carbons (Fsp3) is 0.481. The van der Waals surface area contributed by atoms with E-state index in [1.807, 2.05) is 6.07 Å². The van der Waals surface area contributed by atoms with Crippen molar-refractivity contribution in [3.05, 3.63) is 35.4 Å². The van der Waals surface area contributed by atoms with Gasteiger partial charge in [0.1, 0.15) is 23.6 Å². The van der Waals surface area contributed by atoms with Crippen molar-refractivity contribution in [3.8, 4) is 0 Å². The van der Waals surface area contributed by atoms with Crippen LogP contribution in [0.25, 0.3) is 22.2 Å². The number of nitrogens with one attached hydrogen (secondary N) is 1. The minimum atomic E-state index is 0.105. The van der Waals surface area contributed by atoms with Crippen molar-refractivity contribution in [2.24, 2.45) is 5.92 Å². The maximum absolute atomic E-state index is 12.3. The molecule has 1 aliphatic rings. The van der Waals surface area contributed by atoms with Crippen LogP contribution in [0.3, 0.4) is 0 Å². The number of anilines is 1. The molecular weight excluding hydrogens is 554 g/mol. The van der Waals surface area contributed by atoms with Crippen LogP contribution < -0.4 is 4.90 Å². The molecule has 13 heteroatoms. The van der Waals surface area contributed by atoms with Gasteiger partial charge in [-0.15, -0.1) is 0 Å². The number of ether oxygens (including phenoxy) is 3. The Hall–Kier alpha value is -2.90. The van der Waals surface area contributed by atoms with E-state index in [0.717, 1.165) is 47.7 Å². The summed E-state index contributed by atoms with van der Waals surface area (Å²) in [5.74, 6) is 1.31. The third kappa shape index (κ3) is 6.87. The smallest absolute Gasteiger partial charge is 0.196 e. The van der Waals surface area contributed by atoms with Gasteiger partial charge in [0.2, 0.25) is 0 Å². The van der Waals surface area contributed by atoms with E-state index >= 15 is 0 Å². The van der Waals surface area contributed by atoms with Crippen molar-refractivity contribution in [3.63, 3.8) is 0 Å². The first kappa shape index (κ1) is 28.6. The number of hydrogen-bond acceptors (Lipinski definition) is 11. The van der Waals surface area contributed by atoms with Gasteiger partial charge in [-0.2, -0.15) is 0 Å². The number of carbonyl (C=O) groups excluding carboxylic acids is 1. The lowest BCUT2D eigenvalue weighted by atomic mass is 9.93. The SMILES string of the molecule is CCc1[nH]c2nc(Sc3cnc4nccnc4c3)nc(N3CC(CCC(=O)COCCOCCOC)C3)c2c1Cl. The van der Waals surface area contributed by atoms with Gasteiger partial charge in [-0.3, -0.25) is 9.78 Å². The third-order valence-corrected chi connectivity index (χ3v) is 7.88. The van der Waals surface area contributed by atoms with Crippen LogP contribution in [0.1, 0.15) is 25.5 Å². The molecule has 1 fully saturated rings.